The Kier molecular flexibility index (Phi) is 8.29. The van der Waals surface area contributed by atoms with Crippen molar-refractivity contribution in [2.24, 2.45) is 0 Å². The average molecular weight is 544 g/mol. The van der Waals surface area contributed by atoms with E-state index in [1.54, 1.807) is 6.92 Å². The molecular formula is C28H32F3N5O3. The predicted molar refractivity (Wildman–Crippen MR) is 139 cm³/mol. The van der Waals surface area contributed by atoms with Crippen molar-refractivity contribution in [2.45, 2.75) is 31.6 Å². The molecule has 0 unspecified atom stereocenters. The van der Waals surface area contributed by atoms with Crippen LogP contribution in [0.4, 0.5) is 18.0 Å². The van der Waals surface area contributed by atoms with Crippen LogP contribution in [0.1, 0.15) is 29.7 Å². The van der Waals surface area contributed by atoms with E-state index in [4.69, 9.17) is 0 Å². The Hall–Kier alpha value is -3.86. The fourth-order valence-corrected chi connectivity index (χ4v) is 4.92. The second-order valence-electron chi connectivity index (χ2n) is 9.84. The molecular weight excluding hydrogens is 511 g/mol. The third-order valence-corrected chi connectivity index (χ3v) is 6.95. The van der Waals surface area contributed by atoms with Gasteiger partial charge < -0.3 is 20.4 Å². The SMILES string of the molecule is CCN1C(=O)N[C@@H](c2ccc(C(F)(F)F)cc2)C2=C1CN([C@@H](Cc1ccccc1)C(=O)NCCN(C)C)C2=O. The summed E-state index contributed by atoms with van der Waals surface area (Å²) in [5.74, 6) is -0.751. The van der Waals surface area contributed by atoms with Gasteiger partial charge in [0.25, 0.3) is 5.91 Å². The molecule has 0 aliphatic carbocycles. The van der Waals surface area contributed by atoms with E-state index < -0.39 is 35.8 Å². The topological polar surface area (TPSA) is 85.0 Å². The number of likely N-dealkylation sites (N-methyl/N-ethyl adjacent to an activating group) is 2. The lowest BCUT2D eigenvalue weighted by atomic mass is 9.94. The summed E-state index contributed by atoms with van der Waals surface area (Å²) < 4.78 is 39.4. The number of rotatable bonds is 9. The number of urea groups is 1. The molecule has 0 aromatic heterocycles. The lowest BCUT2D eigenvalue weighted by Crippen LogP contribution is -2.50. The summed E-state index contributed by atoms with van der Waals surface area (Å²) in [6.45, 7) is 3.09. The van der Waals surface area contributed by atoms with Crippen molar-refractivity contribution in [2.75, 3.05) is 40.3 Å². The van der Waals surface area contributed by atoms with Gasteiger partial charge in [-0.1, -0.05) is 42.5 Å². The first-order chi connectivity index (χ1) is 18.5. The van der Waals surface area contributed by atoms with Gasteiger partial charge in [0.15, 0.2) is 0 Å². The van der Waals surface area contributed by atoms with Gasteiger partial charge in [-0.2, -0.15) is 13.2 Å². The maximum atomic E-state index is 14.0. The van der Waals surface area contributed by atoms with Crippen LogP contribution in [0.15, 0.2) is 65.9 Å². The van der Waals surface area contributed by atoms with Gasteiger partial charge in [0.05, 0.1) is 29.4 Å². The number of carbonyl (C=O) groups excluding carboxylic acids is 3. The molecule has 0 radical (unpaired) electrons. The van der Waals surface area contributed by atoms with Gasteiger partial charge in [0.1, 0.15) is 6.04 Å². The molecule has 4 amide bonds. The van der Waals surface area contributed by atoms with Gasteiger partial charge in [-0.25, -0.2) is 4.79 Å². The monoisotopic (exact) mass is 543 g/mol. The number of halogens is 3. The standard InChI is InChI=1S/C28H32F3N5O3/c1-4-35-22-17-36(21(16-18-8-6-5-7-9-18)25(37)32-14-15-34(2)3)26(38)23(22)24(33-27(35)39)19-10-12-20(13-11-19)28(29,30)31/h5-13,21,24H,4,14-17H2,1-3H3,(H,32,37)(H,33,39)/t21-,24-/m0/s1. The number of benzene rings is 2. The first-order valence-electron chi connectivity index (χ1n) is 12.8. The van der Waals surface area contributed by atoms with Gasteiger partial charge in [0.2, 0.25) is 5.91 Å². The molecule has 0 fully saturated rings. The minimum absolute atomic E-state index is 0.0329. The normalized spacial score (nSPS) is 18.4. The Morgan fingerprint density at radius 3 is 2.36 bits per heavy atom. The summed E-state index contributed by atoms with van der Waals surface area (Å²) in [5, 5.41) is 5.69. The molecule has 39 heavy (non-hydrogen) atoms. The molecule has 208 valence electrons. The molecule has 2 aromatic rings. The van der Waals surface area contributed by atoms with Crippen LogP contribution in [0.2, 0.25) is 0 Å². The lowest BCUT2D eigenvalue weighted by molar-refractivity contribution is -0.137. The Balaban J connectivity index is 1.68. The molecule has 2 heterocycles. The van der Waals surface area contributed by atoms with Crippen LogP contribution in [-0.4, -0.2) is 78.9 Å². The van der Waals surface area contributed by atoms with E-state index in [-0.39, 0.29) is 31.0 Å². The van der Waals surface area contributed by atoms with Crippen LogP contribution in [0.25, 0.3) is 0 Å². The summed E-state index contributed by atoms with van der Waals surface area (Å²) in [5.41, 5.74) is 1.11. The Labute approximate surface area is 225 Å². The number of nitrogens with one attached hydrogen (secondary N) is 2. The number of carbonyl (C=O) groups is 3. The second kappa shape index (κ2) is 11.5. The third kappa shape index (κ3) is 6.08. The Morgan fingerprint density at radius 2 is 1.77 bits per heavy atom. The average Bonchev–Trinajstić information content (AvgIpc) is 3.23. The molecule has 0 saturated carbocycles. The van der Waals surface area contributed by atoms with Crippen molar-refractivity contribution >= 4 is 17.8 Å². The van der Waals surface area contributed by atoms with E-state index in [2.05, 4.69) is 10.6 Å². The number of nitrogens with zero attached hydrogens (tertiary/aromatic N) is 3. The van der Waals surface area contributed by atoms with Crippen LogP contribution in [0.5, 0.6) is 0 Å². The molecule has 0 spiro atoms. The second-order valence-corrected chi connectivity index (χ2v) is 9.84. The first kappa shape index (κ1) is 28.2. The van der Waals surface area contributed by atoms with Crippen LogP contribution < -0.4 is 10.6 Å². The molecule has 2 aromatic carbocycles. The Morgan fingerprint density at radius 1 is 1.10 bits per heavy atom. The largest absolute Gasteiger partial charge is 0.416 e. The van der Waals surface area contributed by atoms with Crippen molar-refractivity contribution in [1.82, 2.24) is 25.3 Å². The minimum atomic E-state index is -4.51. The smallest absolute Gasteiger partial charge is 0.353 e. The van der Waals surface area contributed by atoms with E-state index >= 15 is 0 Å². The predicted octanol–water partition coefficient (Wildman–Crippen LogP) is 3.18. The zero-order chi connectivity index (χ0) is 28.3. The van der Waals surface area contributed by atoms with Gasteiger partial charge in [-0.3, -0.25) is 14.5 Å². The number of hydrogen-bond donors (Lipinski definition) is 2. The molecule has 2 atom stereocenters. The van der Waals surface area contributed by atoms with Crippen LogP contribution in [0.3, 0.4) is 0 Å². The minimum Gasteiger partial charge on any atom is -0.353 e. The molecule has 2 aliphatic heterocycles. The van der Waals surface area contributed by atoms with Crippen molar-refractivity contribution in [3.63, 3.8) is 0 Å². The Bertz CT molecular complexity index is 1250. The lowest BCUT2D eigenvalue weighted by Gasteiger charge is -2.33. The zero-order valence-corrected chi connectivity index (χ0v) is 22.1. The summed E-state index contributed by atoms with van der Waals surface area (Å²) >= 11 is 0. The number of alkyl halides is 3. The van der Waals surface area contributed by atoms with Gasteiger partial charge in [0, 0.05) is 26.1 Å². The molecule has 0 saturated heterocycles. The molecule has 8 nitrogen and oxygen atoms in total. The molecule has 0 bridgehead atoms. The highest BCUT2D eigenvalue weighted by Gasteiger charge is 2.47. The summed E-state index contributed by atoms with van der Waals surface area (Å²) in [4.78, 5) is 45.2. The fraction of sp³-hybridized carbons (Fsp3) is 0.393. The molecule has 2 aliphatic rings. The van der Waals surface area contributed by atoms with Crippen LogP contribution in [0, 0.1) is 0 Å². The highest BCUT2D eigenvalue weighted by Crippen LogP contribution is 2.38. The van der Waals surface area contributed by atoms with Crippen molar-refractivity contribution in [3.8, 4) is 0 Å². The third-order valence-electron chi connectivity index (χ3n) is 6.95. The quantitative estimate of drug-likeness (QED) is 0.509. The maximum Gasteiger partial charge on any atom is 0.416 e. The van der Waals surface area contributed by atoms with Crippen LogP contribution in [-0.2, 0) is 22.2 Å². The van der Waals surface area contributed by atoms with E-state index in [1.807, 2.05) is 49.3 Å². The molecule has 2 N–H and O–H groups in total. The van der Waals surface area contributed by atoms with Crippen LogP contribution >= 0.6 is 0 Å². The van der Waals surface area contributed by atoms with E-state index in [0.29, 0.717) is 24.4 Å². The molecule has 4 rings (SSSR count). The van der Waals surface area contributed by atoms with Crippen molar-refractivity contribution in [3.05, 3.63) is 82.6 Å². The molecule has 11 heteroatoms. The van der Waals surface area contributed by atoms with Gasteiger partial charge in [-0.15, -0.1) is 0 Å². The number of amides is 4. The highest BCUT2D eigenvalue weighted by atomic mass is 19.4. The fourth-order valence-electron chi connectivity index (χ4n) is 4.92. The van der Waals surface area contributed by atoms with E-state index in [0.717, 1.165) is 17.7 Å². The first-order valence-corrected chi connectivity index (χ1v) is 12.8. The van der Waals surface area contributed by atoms with Gasteiger partial charge in [-0.05, 0) is 44.3 Å². The van der Waals surface area contributed by atoms with Crippen molar-refractivity contribution in [1.29, 1.82) is 0 Å². The maximum absolute atomic E-state index is 14.0. The van der Waals surface area contributed by atoms with E-state index in [1.165, 1.54) is 21.9 Å². The number of hydrogen-bond acceptors (Lipinski definition) is 4. The zero-order valence-electron chi connectivity index (χ0n) is 22.1. The van der Waals surface area contributed by atoms with Crippen molar-refractivity contribution < 1.29 is 27.6 Å². The highest BCUT2D eigenvalue weighted by molar-refractivity contribution is 6.03. The summed E-state index contributed by atoms with van der Waals surface area (Å²) in [6, 6.07) is 11.5. The summed E-state index contributed by atoms with van der Waals surface area (Å²) in [6.07, 6.45) is -4.25. The summed E-state index contributed by atoms with van der Waals surface area (Å²) in [7, 11) is 3.78. The van der Waals surface area contributed by atoms with Gasteiger partial charge >= 0.3 is 12.2 Å². The van der Waals surface area contributed by atoms with E-state index in [9.17, 15) is 27.6 Å².